The maximum atomic E-state index is 4.08. The van der Waals surface area contributed by atoms with Gasteiger partial charge in [0.15, 0.2) is 5.82 Å². The van der Waals surface area contributed by atoms with Crippen LogP contribution in [0.4, 0.5) is 0 Å². The molecule has 5 heteroatoms. The topological polar surface area (TPSA) is 55.6 Å². The van der Waals surface area contributed by atoms with Crippen LogP contribution in [-0.4, -0.2) is 26.2 Å². The Hall–Kier alpha value is -1.75. The second-order valence-electron chi connectivity index (χ2n) is 4.93. The molecule has 1 aliphatic rings. The maximum absolute atomic E-state index is 4.08. The minimum Gasteiger partial charge on any atom is -0.307 e. The van der Waals surface area contributed by atoms with Crippen LogP contribution in [-0.2, 0) is 6.54 Å². The molecular weight excluding hydrogens is 226 g/mol. The van der Waals surface area contributed by atoms with E-state index in [1.54, 1.807) is 0 Å². The van der Waals surface area contributed by atoms with Crippen molar-refractivity contribution in [3.63, 3.8) is 0 Å². The Labute approximate surface area is 106 Å². The number of hydrogen-bond acceptors (Lipinski definition) is 4. The molecule has 0 atom stereocenters. The van der Waals surface area contributed by atoms with Gasteiger partial charge in [0, 0.05) is 6.04 Å². The van der Waals surface area contributed by atoms with Gasteiger partial charge in [-0.15, -0.1) is 5.10 Å². The van der Waals surface area contributed by atoms with E-state index in [2.05, 4.69) is 52.9 Å². The van der Waals surface area contributed by atoms with E-state index in [1.165, 1.54) is 24.0 Å². The average Bonchev–Trinajstić information content (AvgIpc) is 3.08. The first-order valence-corrected chi connectivity index (χ1v) is 6.32. The minimum atomic E-state index is 0.662. The summed E-state index contributed by atoms with van der Waals surface area (Å²) in [4.78, 5) is 0. The van der Waals surface area contributed by atoms with Crippen LogP contribution in [0.5, 0.6) is 0 Å². The monoisotopic (exact) mass is 243 g/mol. The number of rotatable bonds is 4. The molecule has 1 aromatic heterocycles. The van der Waals surface area contributed by atoms with Crippen LogP contribution < -0.4 is 5.32 Å². The Kier molecular flexibility index (Phi) is 2.83. The van der Waals surface area contributed by atoms with E-state index in [1.807, 2.05) is 4.68 Å². The first-order chi connectivity index (χ1) is 8.74. The van der Waals surface area contributed by atoms with Crippen molar-refractivity contribution in [3.8, 4) is 5.69 Å². The number of nitrogens with one attached hydrogen (secondary N) is 1. The van der Waals surface area contributed by atoms with E-state index >= 15 is 0 Å². The highest BCUT2D eigenvalue weighted by atomic mass is 15.5. The van der Waals surface area contributed by atoms with Crippen LogP contribution in [0.2, 0.25) is 0 Å². The fourth-order valence-corrected chi connectivity index (χ4v) is 1.90. The zero-order valence-corrected chi connectivity index (χ0v) is 10.7. The molecule has 94 valence electrons. The van der Waals surface area contributed by atoms with Crippen LogP contribution >= 0.6 is 0 Å². The van der Waals surface area contributed by atoms with Crippen molar-refractivity contribution in [2.45, 2.75) is 39.3 Å². The molecule has 1 N–H and O–H groups in total. The smallest absolute Gasteiger partial charge is 0.170 e. The Morgan fingerprint density at radius 2 is 2.11 bits per heavy atom. The summed E-state index contributed by atoms with van der Waals surface area (Å²) in [6.07, 6.45) is 2.54. The molecule has 0 amide bonds. The molecule has 18 heavy (non-hydrogen) atoms. The summed E-state index contributed by atoms with van der Waals surface area (Å²) in [5.41, 5.74) is 3.56. The van der Waals surface area contributed by atoms with Gasteiger partial charge in [0.05, 0.1) is 12.2 Å². The van der Waals surface area contributed by atoms with Gasteiger partial charge in [-0.05, 0) is 60.4 Å². The van der Waals surface area contributed by atoms with Crippen molar-refractivity contribution >= 4 is 0 Å². The van der Waals surface area contributed by atoms with E-state index in [4.69, 9.17) is 0 Å². The Bertz CT molecular complexity index is 556. The van der Waals surface area contributed by atoms with Crippen molar-refractivity contribution in [1.29, 1.82) is 0 Å². The highest BCUT2D eigenvalue weighted by molar-refractivity contribution is 5.39. The van der Waals surface area contributed by atoms with Gasteiger partial charge in [-0.2, -0.15) is 4.68 Å². The number of nitrogens with zero attached hydrogens (tertiary/aromatic N) is 4. The summed E-state index contributed by atoms with van der Waals surface area (Å²) < 4.78 is 1.81. The Balaban J connectivity index is 1.85. The molecule has 0 aliphatic heterocycles. The molecule has 0 unspecified atom stereocenters. The van der Waals surface area contributed by atoms with Gasteiger partial charge in [0.1, 0.15) is 0 Å². The molecule has 1 saturated carbocycles. The molecule has 0 bridgehead atoms. The summed E-state index contributed by atoms with van der Waals surface area (Å²) in [6, 6.07) is 6.94. The third-order valence-corrected chi connectivity index (χ3v) is 3.40. The molecule has 1 fully saturated rings. The highest BCUT2D eigenvalue weighted by Gasteiger charge is 2.21. The van der Waals surface area contributed by atoms with Gasteiger partial charge in [0.2, 0.25) is 0 Å². The van der Waals surface area contributed by atoms with Gasteiger partial charge in [0.25, 0.3) is 0 Å². The molecule has 0 spiro atoms. The SMILES string of the molecule is Cc1ccc(-n2nnnc2CNC2CC2)cc1C. The zero-order valence-electron chi connectivity index (χ0n) is 10.7. The van der Waals surface area contributed by atoms with E-state index in [-0.39, 0.29) is 0 Å². The fraction of sp³-hybridized carbons (Fsp3) is 0.462. The molecule has 1 heterocycles. The predicted molar refractivity (Wildman–Crippen MR) is 68.5 cm³/mol. The Morgan fingerprint density at radius 1 is 1.28 bits per heavy atom. The van der Waals surface area contributed by atoms with E-state index in [0.717, 1.165) is 18.1 Å². The molecule has 1 aliphatic carbocycles. The first-order valence-electron chi connectivity index (χ1n) is 6.32. The number of aryl methyl sites for hydroxylation is 2. The number of benzene rings is 1. The third kappa shape index (κ3) is 2.26. The second-order valence-corrected chi connectivity index (χ2v) is 4.93. The summed E-state index contributed by atoms with van der Waals surface area (Å²) in [5.74, 6) is 0.866. The molecular formula is C13H17N5. The number of tetrazole rings is 1. The van der Waals surface area contributed by atoms with E-state index in [0.29, 0.717) is 6.04 Å². The zero-order chi connectivity index (χ0) is 12.5. The lowest BCUT2D eigenvalue weighted by molar-refractivity contribution is 0.637. The largest absolute Gasteiger partial charge is 0.307 e. The first kappa shape index (κ1) is 11.3. The van der Waals surface area contributed by atoms with Gasteiger partial charge < -0.3 is 5.32 Å². The van der Waals surface area contributed by atoms with Crippen molar-refractivity contribution in [2.75, 3.05) is 0 Å². The molecule has 1 aromatic carbocycles. The molecule has 3 rings (SSSR count). The summed E-state index contributed by atoms with van der Waals surface area (Å²) in [6.45, 7) is 4.93. The van der Waals surface area contributed by atoms with Crippen LogP contribution in [0, 0.1) is 13.8 Å². The standard InChI is InChI=1S/C13H17N5/c1-9-3-6-12(7-10(9)2)18-13(15-16-17-18)8-14-11-4-5-11/h3,6-7,11,14H,4-5,8H2,1-2H3. The quantitative estimate of drug-likeness (QED) is 0.884. The van der Waals surface area contributed by atoms with Crippen molar-refractivity contribution < 1.29 is 0 Å². The maximum Gasteiger partial charge on any atom is 0.170 e. The van der Waals surface area contributed by atoms with Gasteiger partial charge in [-0.1, -0.05) is 6.07 Å². The molecule has 2 aromatic rings. The lowest BCUT2D eigenvalue weighted by Crippen LogP contribution is -2.18. The van der Waals surface area contributed by atoms with Crippen molar-refractivity contribution in [2.24, 2.45) is 0 Å². The summed E-state index contributed by atoms with van der Waals surface area (Å²) in [5, 5.41) is 15.4. The minimum absolute atomic E-state index is 0.662. The normalized spacial score (nSPS) is 15.0. The lowest BCUT2D eigenvalue weighted by atomic mass is 10.1. The van der Waals surface area contributed by atoms with Gasteiger partial charge in [-0.25, -0.2) is 0 Å². The number of hydrogen-bond donors (Lipinski definition) is 1. The lowest BCUT2D eigenvalue weighted by Gasteiger charge is -2.07. The van der Waals surface area contributed by atoms with Crippen molar-refractivity contribution in [3.05, 3.63) is 35.2 Å². The third-order valence-electron chi connectivity index (χ3n) is 3.40. The van der Waals surface area contributed by atoms with Gasteiger partial charge >= 0.3 is 0 Å². The summed E-state index contributed by atoms with van der Waals surface area (Å²) in [7, 11) is 0. The molecule has 5 nitrogen and oxygen atoms in total. The van der Waals surface area contributed by atoms with Crippen LogP contribution in [0.25, 0.3) is 5.69 Å². The summed E-state index contributed by atoms with van der Waals surface area (Å²) >= 11 is 0. The molecule has 0 saturated heterocycles. The van der Waals surface area contributed by atoms with Crippen LogP contribution in [0.1, 0.15) is 29.8 Å². The fourth-order valence-electron chi connectivity index (χ4n) is 1.90. The predicted octanol–water partition coefficient (Wildman–Crippen LogP) is 1.53. The van der Waals surface area contributed by atoms with Crippen molar-refractivity contribution in [1.82, 2.24) is 25.5 Å². The van der Waals surface area contributed by atoms with Gasteiger partial charge in [-0.3, -0.25) is 0 Å². The average molecular weight is 243 g/mol. The molecule has 0 radical (unpaired) electrons. The van der Waals surface area contributed by atoms with E-state index < -0.39 is 0 Å². The highest BCUT2D eigenvalue weighted by Crippen LogP contribution is 2.19. The second kappa shape index (κ2) is 4.49. The Morgan fingerprint density at radius 3 is 2.83 bits per heavy atom. The van der Waals surface area contributed by atoms with E-state index in [9.17, 15) is 0 Å². The number of aromatic nitrogens is 4. The van der Waals surface area contributed by atoms with Crippen LogP contribution in [0.3, 0.4) is 0 Å². The van der Waals surface area contributed by atoms with Crippen LogP contribution in [0.15, 0.2) is 18.2 Å².